The van der Waals surface area contributed by atoms with Crippen LogP contribution in [-0.4, -0.2) is 25.7 Å². The molecule has 1 N–H and O–H groups in total. The SMILES string of the molecule is CCc1cc(OCc2ccc(-c3ccccc3S(=O)(=O)Nc3noc(C)c3C)c(CC)c2)c(OC)c(C)n1. The summed E-state index contributed by atoms with van der Waals surface area (Å²) in [5, 5.41) is 3.86. The highest BCUT2D eigenvalue weighted by molar-refractivity contribution is 7.92. The van der Waals surface area contributed by atoms with Crippen molar-refractivity contribution in [3.63, 3.8) is 0 Å². The van der Waals surface area contributed by atoms with Crippen LogP contribution in [0.1, 0.15) is 47.7 Å². The van der Waals surface area contributed by atoms with Gasteiger partial charge in [0, 0.05) is 22.9 Å². The average molecular weight is 536 g/mol. The highest BCUT2D eigenvalue weighted by Crippen LogP contribution is 2.34. The van der Waals surface area contributed by atoms with Gasteiger partial charge in [-0.15, -0.1) is 0 Å². The molecule has 4 aromatic rings. The van der Waals surface area contributed by atoms with E-state index in [-0.39, 0.29) is 10.7 Å². The van der Waals surface area contributed by atoms with Gasteiger partial charge in [0.05, 0.1) is 17.7 Å². The number of aromatic nitrogens is 2. The highest BCUT2D eigenvalue weighted by atomic mass is 32.2. The molecule has 200 valence electrons. The number of ether oxygens (including phenoxy) is 2. The van der Waals surface area contributed by atoms with Gasteiger partial charge in [-0.2, -0.15) is 0 Å². The molecule has 0 aliphatic heterocycles. The Morgan fingerprint density at radius 2 is 1.74 bits per heavy atom. The molecule has 0 atom stereocenters. The maximum atomic E-state index is 13.4. The largest absolute Gasteiger partial charge is 0.491 e. The van der Waals surface area contributed by atoms with Crippen LogP contribution in [0.3, 0.4) is 0 Å². The topological polar surface area (TPSA) is 104 Å². The lowest BCUT2D eigenvalue weighted by Gasteiger charge is -2.17. The number of nitrogens with zero attached hydrogens (tertiary/aromatic N) is 2. The zero-order valence-corrected chi connectivity index (χ0v) is 23.4. The van der Waals surface area contributed by atoms with Crippen molar-refractivity contribution in [2.45, 2.75) is 59.0 Å². The van der Waals surface area contributed by atoms with E-state index in [1.54, 1.807) is 33.1 Å². The molecular formula is C29H33N3O5S. The summed E-state index contributed by atoms with van der Waals surface area (Å²) in [5.41, 5.74) is 5.80. The van der Waals surface area contributed by atoms with Gasteiger partial charge in [0.2, 0.25) is 0 Å². The number of benzene rings is 2. The van der Waals surface area contributed by atoms with E-state index in [1.165, 1.54) is 0 Å². The minimum atomic E-state index is -3.92. The summed E-state index contributed by atoms with van der Waals surface area (Å²) in [6.07, 6.45) is 1.51. The lowest BCUT2D eigenvalue weighted by Crippen LogP contribution is -2.15. The molecule has 0 amide bonds. The summed E-state index contributed by atoms with van der Waals surface area (Å²) >= 11 is 0. The Hall–Kier alpha value is -3.85. The van der Waals surface area contributed by atoms with Crippen LogP contribution in [0.4, 0.5) is 5.82 Å². The van der Waals surface area contributed by atoms with Crippen LogP contribution in [0, 0.1) is 20.8 Å². The maximum absolute atomic E-state index is 13.4. The molecule has 0 saturated carbocycles. The normalized spacial score (nSPS) is 11.4. The minimum absolute atomic E-state index is 0.169. The molecule has 38 heavy (non-hydrogen) atoms. The van der Waals surface area contributed by atoms with Crippen LogP contribution in [0.25, 0.3) is 11.1 Å². The molecule has 0 spiro atoms. The molecule has 2 aromatic carbocycles. The Morgan fingerprint density at radius 3 is 2.39 bits per heavy atom. The molecule has 0 saturated heterocycles. The molecule has 2 aromatic heterocycles. The van der Waals surface area contributed by atoms with Gasteiger partial charge in [-0.25, -0.2) is 8.42 Å². The molecule has 4 rings (SSSR count). The number of hydrogen-bond acceptors (Lipinski definition) is 7. The highest BCUT2D eigenvalue weighted by Gasteiger charge is 2.23. The fourth-order valence-electron chi connectivity index (χ4n) is 4.30. The number of rotatable bonds is 10. The smallest absolute Gasteiger partial charge is 0.263 e. The van der Waals surface area contributed by atoms with E-state index in [2.05, 4.69) is 20.9 Å². The molecule has 9 heteroatoms. The predicted molar refractivity (Wildman–Crippen MR) is 147 cm³/mol. The summed E-state index contributed by atoms with van der Waals surface area (Å²) in [6, 6.07) is 14.8. The van der Waals surface area contributed by atoms with Crippen molar-refractivity contribution in [1.82, 2.24) is 10.1 Å². The molecule has 0 bridgehead atoms. The Labute approximate surface area is 224 Å². The van der Waals surface area contributed by atoms with Gasteiger partial charge in [0.25, 0.3) is 10.0 Å². The Bertz CT molecular complexity index is 1560. The summed E-state index contributed by atoms with van der Waals surface area (Å²) in [6.45, 7) is 9.83. The van der Waals surface area contributed by atoms with Crippen LogP contribution < -0.4 is 14.2 Å². The van der Waals surface area contributed by atoms with Crippen molar-refractivity contribution in [3.8, 4) is 22.6 Å². The zero-order chi connectivity index (χ0) is 27.4. The molecular weight excluding hydrogens is 502 g/mol. The quantitative estimate of drug-likeness (QED) is 0.259. The van der Waals surface area contributed by atoms with Gasteiger partial charge in [0.15, 0.2) is 17.3 Å². The van der Waals surface area contributed by atoms with E-state index in [4.69, 9.17) is 14.0 Å². The standard InChI is InChI=1S/C29H33N3O5S/c1-7-22-15-21(17-36-26-16-23(8-2)30-19(4)28(26)35-6)13-14-24(22)25-11-9-10-12-27(25)38(33,34)32-29-18(3)20(5)37-31-29/h9-16H,7-8,17H2,1-6H3,(H,31,32). The van der Waals surface area contributed by atoms with Gasteiger partial charge in [-0.05, 0) is 56.4 Å². The van der Waals surface area contributed by atoms with Crippen molar-refractivity contribution in [2.75, 3.05) is 11.8 Å². The third kappa shape index (κ3) is 5.52. The van der Waals surface area contributed by atoms with Crippen LogP contribution in [-0.2, 0) is 29.5 Å². The molecule has 0 aliphatic rings. The average Bonchev–Trinajstić information content (AvgIpc) is 3.23. The van der Waals surface area contributed by atoms with E-state index in [0.29, 0.717) is 41.4 Å². The van der Waals surface area contributed by atoms with Gasteiger partial charge >= 0.3 is 0 Å². The first-order chi connectivity index (χ1) is 18.2. The first-order valence-corrected chi connectivity index (χ1v) is 14.0. The van der Waals surface area contributed by atoms with Crippen molar-refractivity contribution >= 4 is 15.8 Å². The second-order valence-corrected chi connectivity index (χ2v) is 10.7. The van der Waals surface area contributed by atoms with E-state index >= 15 is 0 Å². The van der Waals surface area contributed by atoms with Gasteiger partial charge < -0.3 is 14.0 Å². The van der Waals surface area contributed by atoms with E-state index < -0.39 is 10.0 Å². The summed E-state index contributed by atoms with van der Waals surface area (Å²) in [7, 11) is -2.31. The second kappa shape index (κ2) is 11.3. The minimum Gasteiger partial charge on any atom is -0.491 e. The maximum Gasteiger partial charge on any atom is 0.263 e. The number of sulfonamides is 1. The van der Waals surface area contributed by atoms with Crippen LogP contribution in [0.15, 0.2) is 57.9 Å². The predicted octanol–water partition coefficient (Wildman–Crippen LogP) is 6.18. The molecule has 8 nitrogen and oxygen atoms in total. The summed E-state index contributed by atoms with van der Waals surface area (Å²) in [4.78, 5) is 4.71. The molecule has 2 heterocycles. The molecule has 0 fully saturated rings. The van der Waals surface area contributed by atoms with Crippen LogP contribution >= 0.6 is 0 Å². The lowest BCUT2D eigenvalue weighted by molar-refractivity contribution is 0.282. The van der Waals surface area contributed by atoms with Crippen molar-refractivity contribution in [2.24, 2.45) is 0 Å². The van der Waals surface area contributed by atoms with Crippen molar-refractivity contribution in [1.29, 1.82) is 0 Å². The van der Waals surface area contributed by atoms with Crippen molar-refractivity contribution in [3.05, 3.63) is 82.4 Å². The fourth-order valence-corrected chi connectivity index (χ4v) is 5.58. The third-order valence-electron chi connectivity index (χ3n) is 6.53. The van der Waals surface area contributed by atoms with E-state index in [9.17, 15) is 8.42 Å². The summed E-state index contributed by atoms with van der Waals surface area (Å²) < 4.78 is 46.2. The number of hydrogen-bond donors (Lipinski definition) is 1. The summed E-state index contributed by atoms with van der Waals surface area (Å²) in [5.74, 6) is 2.03. The van der Waals surface area contributed by atoms with E-state index in [0.717, 1.165) is 34.5 Å². The number of aryl methyl sites for hydroxylation is 4. The lowest BCUT2D eigenvalue weighted by atomic mass is 9.96. The number of pyridine rings is 1. The third-order valence-corrected chi connectivity index (χ3v) is 7.92. The first-order valence-electron chi connectivity index (χ1n) is 12.5. The monoisotopic (exact) mass is 535 g/mol. The molecule has 0 radical (unpaired) electrons. The van der Waals surface area contributed by atoms with Crippen molar-refractivity contribution < 1.29 is 22.4 Å². The number of anilines is 1. The first kappa shape index (κ1) is 27.2. The second-order valence-electron chi connectivity index (χ2n) is 9.03. The van der Waals surface area contributed by atoms with E-state index in [1.807, 2.05) is 51.1 Å². The van der Waals surface area contributed by atoms with Gasteiger partial charge in [-0.1, -0.05) is 55.4 Å². The Morgan fingerprint density at radius 1 is 0.974 bits per heavy atom. The van der Waals surface area contributed by atoms with Crippen LogP contribution in [0.2, 0.25) is 0 Å². The Kier molecular flexibility index (Phi) is 8.06. The Balaban J connectivity index is 1.65. The number of methoxy groups -OCH3 is 1. The fraction of sp³-hybridized carbons (Fsp3) is 0.310. The molecule has 0 aliphatic carbocycles. The van der Waals surface area contributed by atoms with Gasteiger partial charge in [0.1, 0.15) is 12.4 Å². The zero-order valence-electron chi connectivity index (χ0n) is 22.6. The van der Waals surface area contributed by atoms with Gasteiger partial charge in [-0.3, -0.25) is 9.71 Å². The molecule has 0 unspecified atom stereocenters. The van der Waals surface area contributed by atoms with Crippen LogP contribution in [0.5, 0.6) is 11.5 Å². The number of nitrogens with one attached hydrogen (secondary N) is 1.